The first-order valence-corrected chi connectivity index (χ1v) is 12.6. The van der Waals surface area contributed by atoms with E-state index in [4.69, 9.17) is 0 Å². The number of fused-ring (bicyclic) bond motifs is 1. The normalized spacial score (nSPS) is 11.0. The number of aromatic nitrogens is 1. The minimum atomic E-state index is -2.58. The highest BCUT2D eigenvalue weighted by atomic mass is 79.9. The lowest BCUT2D eigenvalue weighted by atomic mass is 9.91. The summed E-state index contributed by atoms with van der Waals surface area (Å²) in [5.41, 5.74) is 3.47. The fraction of sp³-hybridized carbons (Fsp3) is 0.0345. The van der Waals surface area contributed by atoms with E-state index in [1.807, 2.05) is 28.2 Å². The zero-order valence-electron chi connectivity index (χ0n) is 18.9. The maximum atomic E-state index is 14.6. The third-order valence-corrected chi connectivity index (χ3v) is 7.41. The van der Waals surface area contributed by atoms with Gasteiger partial charge in [0, 0.05) is 37.0 Å². The van der Waals surface area contributed by atoms with Crippen LogP contribution in [-0.4, -0.2) is 3.97 Å². The minimum absolute atomic E-state index is 0.0849. The summed E-state index contributed by atoms with van der Waals surface area (Å²) in [4.78, 5) is 0.683. The van der Waals surface area contributed by atoms with Crippen molar-refractivity contribution in [3.05, 3.63) is 112 Å². The van der Waals surface area contributed by atoms with Gasteiger partial charge in [-0.1, -0.05) is 46.3 Å². The number of hydrogen-bond donors (Lipinski definition) is 0. The summed E-state index contributed by atoms with van der Waals surface area (Å²) in [5.74, 6) is -0.467. The quantitative estimate of drug-likeness (QED) is 0.210. The van der Waals surface area contributed by atoms with Crippen LogP contribution in [0.3, 0.4) is 0 Å². The first kappa shape index (κ1) is 24.7. The van der Waals surface area contributed by atoms with Gasteiger partial charge in [-0.25, -0.2) is 13.2 Å². The van der Waals surface area contributed by atoms with Gasteiger partial charge < -0.3 is 0 Å². The summed E-state index contributed by atoms with van der Waals surface area (Å²) >= 11 is 4.79. The molecule has 5 aromatic rings. The predicted molar refractivity (Wildman–Crippen MR) is 143 cm³/mol. The lowest BCUT2D eigenvalue weighted by Gasteiger charge is -2.14. The highest BCUT2D eigenvalue weighted by Gasteiger charge is 2.25. The number of rotatable bonds is 5. The van der Waals surface area contributed by atoms with Gasteiger partial charge in [-0.3, -0.25) is 3.97 Å². The first-order chi connectivity index (χ1) is 17.9. The van der Waals surface area contributed by atoms with E-state index in [-0.39, 0.29) is 16.7 Å². The van der Waals surface area contributed by atoms with Crippen molar-refractivity contribution in [1.82, 2.24) is 3.97 Å². The molecule has 0 saturated carbocycles. The molecule has 0 fully saturated rings. The lowest BCUT2D eigenvalue weighted by molar-refractivity contribution is 0.151. The Hall–Kier alpha value is -3.98. The maximum absolute atomic E-state index is 14.6. The van der Waals surface area contributed by atoms with E-state index >= 15 is 0 Å². The largest absolute Gasteiger partial charge is 0.279 e. The molecule has 0 aliphatic carbocycles. The number of benzene rings is 4. The van der Waals surface area contributed by atoms with Crippen molar-refractivity contribution < 1.29 is 13.2 Å². The molecule has 180 valence electrons. The summed E-state index contributed by atoms with van der Waals surface area (Å²) in [5, 5.41) is 20.4. The Morgan fingerprint density at radius 3 is 2.11 bits per heavy atom. The molecular weight excluding hydrogens is 559 g/mol. The van der Waals surface area contributed by atoms with Gasteiger partial charge in [0.25, 0.3) is 6.43 Å². The summed E-state index contributed by atoms with van der Waals surface area (Å²) in [6, 6.07) is 27.1. The van der Waals surface area contributed by atoms with Crippen molar-refractivity contribution in [3.8, 4) is 34.5 Å². The highest BCUT2D eigenvalue weighted by molar-refractivity contribution is 9.10. The summed E-state index contributed by atoms with van der Waals surface area (Å²) in [6.45, 7) is 0. The monoisotopic (exact) mass is 573 g/mol. The second kappa shape index (κ2) is 10.2. The van der Waals surface area contributed by atoms with Gasteiger partial charge in [0.1, 0.15) is 5.82 Å². The molecule has 1 aromatic heterocycles. The van der Waals surface area contributed by atoms with Crippen LogP contribution < -0.4 is 0 Å². The van der Waals surface area contributed by atoms with Crippen LogP contribution in [-0.2, 0) is 0 Å². The Kier molecular flexibility index (Phi) is 6.80. The van der Waals surface area contributed by atoms with Crippen LogP contribution in [0.1, 0.15) is 23.1 Å². The van der Waals surface area contributed by atoms with Crippen molar-refractivity contribution >= 4 is 38.8 Å². The molecule has 8 heteroatoms. The van der Waals surface area contributed by atoms with E-state index in [9.17, 15) is 23.7 Å². The number of hydrogen-bond acceptors (Lipinski definition) is 3. The van der Waals surface area contributed by atoms with Gasteiger partial charge in [-0.15, -0.1) is 0 Å². The molecule has 0 aliphatic rings. The molecule has 0 radical (unpaired) electrons. The smallest absolute Gasteiger partial charge is 0.263 e. The van der Waals surface area contributed by atoms with Gasteiger partial charge in [0.05, 0.1) is 34.5 Å². The standard InChI is InChI=1S/C29H15BrF3N3S/c30-21-6-2-3-18(13-21)28-27(26-19(15-34)4-1-5-20(26)16-35)24-14-22(31)9-12-25(24)36(28)37-23-10-7-17(8-11-23)29(32)33/h1-14,29H. The van der Waals surface area contributed by atoms with E-state index in [0.717, 1.165) is 10.0 Å². The molecule has 4 aromatic carbocycles. The number of alkyl halides is 2. The Labute approximate surface area is 223 Å². The molecule has 5 rings (SSSR count). The van der Waals surface area contributed by atoms with Crippen LogP contribution in [0.15, 0.2) is 94.3 Å². The van der Waals surface area contributed by atoms with E-state index in [0.29, 0.717) is 32.6 Å². The van der Waals surface area contributed by atoms with Crippen LogP contribution in [0.25, 0.3) is 33.3 Å². The fourth-order valence-electron chi connectivity index (χ4n) is 4.27. The molecule has 3 nitrogen and oxygen atoms in total. The van der Waals surface area contributed by atoms with Crippen molar-refractivity contribution in [2.45, 2.75) is 11.3 Å². The SMILES string of the molecule is N#Cc1cccc(C#N)c1-c1c(-c2cccc(Br)c2)n(Sc2ccc(C(F)F)cc2)c2ccc(F)cc12. The Morgan fingerprint density at radius 1 is 0.811 bits per heavy atom. The van der Waals surface area contributed by atoms with Gasteiger partial charge in [-0.2, -0.15) is 10.5 Å². The zero-order chi connectivity index (χ0) is 26.1. The molecule has 37 heavy (non-hydrogen) atoms. The third-order valence-electron chi connectivity index (χ3n) is 5.87. The molecular formula is C29H15BrF3N3S. The van der Waals surface area contributed by atoms with Crippen molar-refractivity contribution in [2.75, 3.05) is 0 Å². The fourth-order valence-corrected chi connectivity index (χ4v) is 5.68. The molecule has 1 heterocycles. The predicted octanol–water partition coefficient (Wildman–Crippen LogP) is 9.11. The average molecular weight is 574 g/mol. The zero-order valence-corrected chi connectivity index (χ0v) is 21.3. The van der Waals surface area contributed by atoms with E-state index in [2.05, 4.69) is 28.1 Å². The second-order valence-corrected chi connectivity index (χ2v) is 10.0. The van der Waals surface area contributed by atoms with Gasteiger partial charge in [0.15, 0.2) is 0 Å². The minimum Gasteiger partial charge on any atom is -0.279 e. The average Bonchev–Trinajstić information content (AvgIpc) is 3.20. The van der Waals surface area contributed by atoms with Gasteiger partial charge in [0.2, 0.25) is 0 Å². The molecule has 0 unspecified atom stereocenters. The highest BCUT2D eigenvalue weighted by Crippen LogP contribution is 2.47. The number of nitriles is 2. The first-order valence-electron chi connectivity index (χ1n) is 11.0. The Morgan fingerprint density at radius 2 is 1.49 bits per heavy atom. The van der Waals surface area contributed by atoms with Gasteiger partial charge >= 0.3 is 0 Å². The van der Waals surface area contributed by atoms with Crippen LogP contribution in [0.4, 0.5) is 13.2 Å². The van der Waals surface area contributed by atoms with Crippen molar-refractivity contribution in [2.24, 2.45) is 0 Å². The van der Waals surface area contributed by atoms with Crippen LogP contribution >= 0.6 is 27.9 Å². The van der Waals surface area contributed by atoms with Crippen LogP contribution in [0.5, 0.6) is 0 Å². The lowest BCUT2D eigenvalue weighted by Crippen LogP contribution is -1.95. The number of nitrogens with zero attached hydrogens (tertiary/aromatic N) is 3. The van der Waals surface area contributed by atoms with E-state index in [1.54, 1.807) is 36.4 Å². The number of halogens is 4. The van der Waals surface area contributed by atoms with Crippen LogP contribution in [0.2, 0.25) is 0 Å². The third kappa shape index (κ3) is 4.62. The Balaban J connectivity index is 1.89. The molecule has 0 saturated heterocycles. The van der Waals surface area contributed by atoms with E-state index < -0.39 is 12.2 Å². The second-order valence-electron chi connectivity index (χ2n) is 8.10. The van der Waals surface area contributed by atoms with E-state index in [1.165, 1.54) is 36.2 Å². The van der Waals surface area contributed by atoms with Crippen LogP contribution in [0, 0.1) is 28.5 Å². The maximum Gasteiger partial charge on any atom is 0.263 e. The summed E-state index contributed by atoms with van der Waals surface area (Å²) in [6.07, 6.45) is -2.58. The van der Waals surface area contributed by atoms with Gasteiger partial charge in [-0.05, 0) is 66.5 Å². The topological polar surface area (TPSA) is 52.5 Å². The molecule has 0 spiro atoms. The Bertz CT molecular complexity index is 1700. The summed E-state index contributed by atoms with van der Waals surface area (Å²) in [7, 11) is 0. The molecule has 0 amide bonds. The molecule has 0 aliphatic heterocycles. The molecule has 0 N–H and O–H groups in total. The van der Waals surface area contributed by atoms with Crippen molar-refractivity contribution in [3.63, 3.8) is 0 Å². The summed E-state index contributed by atoms with van der Waals surface area (Å²) < 4.78 is 43.6. The molecule has 0 bridgehead atoms. The van der Waals surface area contributed by atoms with Crippen molar-refractivity contribution in [1.29, 1.82) is 10.5 Å². The molecule has 0 atom stereocenters.